The van der Waals surface area contributed by atoms with Crippen molar-refractivity contribution in [3.8, 4) is 0 Å². The van der Waals surface area contributed by atoms with E-state index in [-0.39, 0.29) is 12.1 Å². The molecular weight excluding hydrogens is 250 g/mol. The molecule has 0 unspecified atom stereocenters. The van der Waals surface area contributed by atoms with Gasteiger partial charge in [0.05, 0.1) is 11.4 Å². The third-order valence-corrected chi connectivity index (χ3v) is 6.10. The van der Waals surface area contributed by atoms with E-state index < -0.39 is 10.0 Å². The highest BCUT2D eigenvalue weighted by Gasteiger charge is 2.38. The summed E-state index contributed by atoms with van der Waals surface area (Å²) in [6.45, 7) is 7.46. The normalized spacial score (nSPS) is 26.4. The van der Waals surface area contributed by atoms with Crippen molar-refractivity contribution >= 4 is 10.0 Å². The van der Waals surface area contributed by atoms with E-state index in [1.807, 2.05) is 13.8 Å². The summed E-state index contributed by atoms with van der Waals surface area (Å²) in [5, 5.41) is 6.75. The first kappa shape index (κ1) is 13.5. The molecule has 1 fully saturated rings. The van der Waals surface area contributed by atoms with Gasteiger partial charge in [-0.05, 0) is 40.5 Å². The average Bonchev–Trinajstić information content (AvgIpc) is 2.58. The molecule has 2 atom stereocenters. The Morgan fingerprint density at radius 1 is 1.22 bits per heavy atom. The van der Waals surface area contributed by atoms with Gasteiger partial charge >= 0.3 is 0 Å². The molecule has 1 aromatic heterocycles. The van der Waals surface area contributed by atoms with E-state index in [9.17, 15) is 8.42 Å². The number of nitrogens with zero attached hydrogens (tertiary/aromatic N) is 2. The summed E-state index contributed by atoms with van der Waals surface area (Å²) in [6, 6.07) is 0.125. The molecule has 1 saturated heterocycles. The Morgan fingerprint density at radius 3 is 2.22 bits per heavy atom. The van der Waals surface area contributed by atoms with E-state index in [4.69, 9.17) is 0 Å². The number of H-pyrrole nitrogens is 1. The molecule has 0 aromatic carbocycles. The number of aromatic amines is 1. The van der Waals surface area contributed by atoms with Crippen LogP contribution in [-0.2, 0) is 10.0 Å². The molecule has 1 aromatic rings. The van der Waals surface area contributed by atoms with Crippen molar-refractivity contribution in [2.75, 3.05) is 0 Å². The van der Waals surface area contributed by atoms with Crippen molar-refractivity contribution in [1.82, 2.24) is 14.5 Å². The van der Waals surface area contributed by atoms with Gasteiger partial charge in [-0.3, -0.25) is 5.10 Å². The molecule has 0 spiro atoms. The number of piperidine rings is 1. The Bertz CT molecular complexity index is 506. The fourth-order valence-electron chi connectivity index (χ4n) is 2.90. The third kappa shape index (κ3) is 2.07. The first-order valence-electron chi connectivity index (χ1n) is 6.40. The second kappa shape index (κ2) is 4.66. The van der Waals surface area contributed by atoms with Gasteiger partial charge in [-0.15, -0.1) is 0 Å². The van der Waals surface area contributed by atoms with Crippen molar-refractivity contribution in [1.29, 1.82) is 0 Å². The number of hydrogen-bond acceptors (Lipinski definition) is 3. The molecule has 0 amide bonds. The van der Waals surface area contributed by atoms with Crippen LogP contribution in [0.5, 0.6) is 0 Å². The van der Waals surface area contributed by atoms with Gasteiger partial charge in [0.15, 0.2) is 0 Å². The molecule has 102 valence electrons. The van der Waals surface area contributed by atoms with Gasteiger partial charge in [0.25, 0.3) is 0 Å². The van der Waals surface area contributed by atoms with Crippen LogP contribution in [0.2, 0.25) is 0 Å². The van der Waals surface area contributed by atoms with Crippen molar-refractivity contribution in [2.45, 2.75) is 63.9 Å². The summed E-state index contributed by atoms with van der Waals surface area (Å²) < 4.78 is 27.2. The van der Waals surface area contributed by atoms with E-state index in [2.05, 4.69) is 10.2 Å². The maximum atomic E-state index is 12.8. The van der Waals surface area contributed by atoms with E-state index in [1.54, 1.807) is 18.2 Å². The highest BCUT2D eigenvalue weighted by molar-refractivity contribution is 7.89. The van der Waals surface area contributed by atoms with Crippen LogP contribution in [0.15, 0.2) is 4.90 Å². The smallest absolute Gasteiger partial charge is 0.247 e. The maximum Gasteiger partial charge on any atom is 0.247 e. The van der Waals surface area contributed by atoms with Crippen LogP contribution in [0.4, 0.5) is 0 Å². The van der Waals surface area contributed by atoms with Crippen LogP contribution < -0.4 is 0 Å². The molecule has 5 nitrogen and oxygen atoms in total. The number of nitrogens with one attached hydrogen (secondary N) is 1. The van der Waals surface area contributed by atoms with Gasteiger partial charge in [0, 0.05) is 12.1 Å². The van der Waals surface area contributed by atoms with Gasteiger partial charge in [0.1, 0.15) is 4.90 Å². The molecule has 1 aliphatic rings. The lowest BCUT2D eigenvalue weighted by Gasteiger charge is -2.37. The first-order chi connectivity index (χ1) is 8.35. The summed E-state index contributed by atoms with van der Waals surface area (Å²) in [6.07, 6.45) is 2.96. The summed E-state index contributed by atoms with van der Waals surface area (Å²) in [4.78, 5) is 0.350. The lowest BCUT2D eigenvalue weighted by Crippen LogP contribution is -2.47. The van der Waals surface area contributed by atoms with Crippen LogP contribution >= 0.6 is 0 Å². The second-order valence-corrected chi connectivity index (χ2v) is 7.01. The topological polar surface area (TPSA) is 66.1 Å². The zero-order chi connectivity index (χ0) is 13.5. The minimum absolute atomic E-state index is 0.0625. The molecule has 18 heavy (non-hydrogen) atoms. The van der Waals surface area contributed by atoms with E-state index in [0.29, 0.717) is 16.3 Å². The highest BCUT2D eigenvalue weighted by Crippen LogP contribution is 2.31. The van der Waals surface area contributed by atoms with Crippen molar-refractivity contribution in [3.05, 3.63) is 11.4 Å². The predicted molar refractivity (Wildman–Crippen MR) is 69.9 cm³/mol. The van der Waals surface area contributed by atoms with Crippen LogP contribution in [0.1, 0.15) is 44.5 Å². The first-order valence-corrected chi connectivity index (χ1v) is 7.84. The minimum atomic E-state index is -3.44. The number of hydrogen-bond donors (Lipinski definition) is 1. The molecule has 0 saturated carbocycles. The Labute approximate surface area is 109 Å². The molecule has 1 aliphatic heterocycles. The summed E-state index contributed by atoms with van der Waals surface area (Å²) in [5.41, 5.74) is 1.18. The fourth-order valence-corrected chi connectivity index (χ4v) is 5.12. The summed E-state index contributed by atoms with van der Waals surface area (Å²) in [5.74, 6) is 0. The summed E-state index contributed by atoms with van der Waals surface area (Å²) >= 11 is 0. The standard InChI is InChI=1S/C12H21N3O2S/c1-8-6-5-7-9(2)15(8)18(16,17)12-10(3)13-14-11(12)4/h8-9H,5-7H2,1-4H3,(H,13,14)/t8-,9+. The molecule has 6 heteroatoms. The fraction of sp³-hybridized carbons (Fsp3) is 0.750. The van der Waals surface area contributed by atoms with Crippen LogP contribution in [0.3, 0.4) is 0 Å². The van der Waals surface area contributed by atoms with E-state index >= 15 is 0 Å². The van der Waals surface area contributed by atoms with Gasteiger partial charge in [0.2, 0.25) is 10.0 Å². The second-order valence-electron chi connectivity index (χ2n) is 5.23. The molecular formula is C12H21N3O2S. The van der Waals surface area contributed by atoms with Gasteiger partial charge < -0.3 is 0 Å². The Morgan fingerprint density at radius 2 is 1.78 bits per heavy atom. The maximum absolute atomic E-state index is 12.8. The SMILES string of the molecule is Cc1n[nH]c(C)c1S(=O)(=O)N1[C@H](C)CCC[C@@H]1C. The highest BCUT2D eigenvalue weighted by atomic mass is 32.2. The number of aryl methyl sites for hydroxylation is 2. The molecule has 2 heterocycles. The van der Waals surface area contributed by atoms with E-state index in [1.165, 1.54) is 0 Å². The van der Waals surface area contributed by atoms with Crippen LogP contribution in [0.25, 0.3) is 0 Å². The Balaban J connectivity index is 2.48. The molecule has 0 bridgehead atoms. The largest absolute Gasteiger partial charge is 0.281 e. The Kier molecular flexibility index (Phi) is 3.51. The number of sulfonamides is 1. The molecule has 2 rings (SSSR count). The van der Waals surface area contributed by atoms with Gasteiger partial charge in [-0.25, -0.2) is 8.42 Å². The van der Waals surface area contributed by atoms with Crippen LogP contribution in [0, 0.1) is 13.8 Å². The minimum Gasteiger partial charge on any atom is -0.281 e. The van der Waals surface area contributed by atoms with E-state index in [0.717, 1.165) is 19.3 Å². The predicted octanol–water partition coefficient (Wildman–Crippen LogP) is 1.98. The molecule has 0 radical (unpaired) electrons. The Hall–Kier alpha value is -0.880. The lowest BCUT2D eigenvalue weighted by atomic mass is 10.0. The zero-order valence-electron chi connectivity index (χ0n) is 11.4. The average molecular weight is 271 g/mol. The quantitative estimate of drug-likeness (QED) is 0.894. The molecule has 0 aliphatic carbocycles. The van der Waals surface area contributed by atoms with Gasteiger partial charge in [-0.1, -0.05) is 6.42 Å². The summed E-state index contributed by atoms with van der Waals surface area (Å²) in [7, 11) is -3.44. The van der Waals surface area contributed by atoms with Crippen molar-refractivity contribution in [2.24, 2.45) is 0 Å². The van der Waals surface area contributed by atoms with Crippen molar-refractivity contribution in [3.63, 3.8) is 0 Å². The third-order valence-electron chi connectivity index (χ3n) is 3.71. The lowest BCUT2D eigenvalue weighted by molar-refractivity contribution is 0.204. The zero-order valence-corrected chi connectivity index (χ0v) is 12.2. The van der Waals surface area contributed by atoms with Crippen molar-refractivity contribution < 1.29 is 8.42 Å². The molecule has 1 N–H and O–H groups in total. The number of rotatable bonds is 2. The van der Waals surface area contributed by atoms with Crippen LogP contribution in [-0.4, -0.2) is 35.0 Å². The van der Waals surface area contributed by atoms with Gasteiger partial charge in [-0.2, -0.15) is 9.40 Å². The number of aromatic nitrogens is 2. The monoisotopic (exact) mass is 271 g/mol.